The number of anilines is 1. The van der Waals surface area contributed by atoms with E-state index in [9.17, 15) is 0 Å². The highest BCUT2D eigenvalue weighted by Gasteiger charge is 2.06. The summed E-state index contributed by atoms with van der Waals surface area (Å²) in [6, 6.07) is 7.50. The van der Waals surface area contributed by atoms with Crippen LogP contribution >= 0.6 is 0 Å². The van der Waals surface area contributed by atoms with Gasteiger partial charge in [0.2, 0.25) is 0 Å². The third kappa shape index (κ3) is 2.86. The first-order chi connectivity index (χ1) is 7.21. The normalized spacial score (nSPS) is 11.6. The molecule has 4 nitrogen and oxygen atoms in total. The van der Waals surface area contributed by atoms with E-state index in [2.05, 4.69) is 11.4 Å². The molecule has 1 unspecified atom stereocenters. The van der Waals surface area contributed by atoms with Crippen LogP contribution < -0.4 is 15.8 Å². The van der Waals surface area contributed by atoms with Gasteiger partial charge in [0, 0.05) is 18.7 Å². The van der Waals surface area contributed by atoms with Crippen LogP contribution in [-0.4, -0.2) is 19.7 Å². The van der Waals surface area contributed by atoms with E-state index in [4.69, 9.17) is 15.7 Å². The van der Waals surface area contributed by atoms with E-state index in [1.807, 2.05) is 13.0 Å². The Bertz CT molecular complexity index is 371. The highest BCUT2D eigenvalue weighted by atomic mass is 16.5. The van der Waals surface area contributed by atoms with Crippen molar-refractivity contribution in [2.24, 2.45) is 5.73 Å². The maximum Gasteiger partial charge on any atom is 0.143 e. The molecule has 0 amide bonds. The molecule has 15 heavy (non-hydrogen) atoms. The summed E-state index contributed by atoms with van der Waals surface area (Å²) in [6.45, 7) is 2.53. The summed E-state index contributed by atoms with van der Waals surface area (Å²) in [5.41, 5.74) is 6.95. The SMILES string of the molecule is COc1cc(C#N)ccc1NC(C)CN. The molecule has 0 aliphatic heterocycles. The van der Waals surface area contributed by atoms with Gasteiger partial charge in [0.05, 0.1) is 24.4 Å². The monoisotopic (exact) mass is 205 g/mol. The number of nitrogens with zero attached hydrogens (tertiary/aromatic N) is 1. The van der Waals surface area contributed by atoms with Crippen molar-refractivity contribution in [1.29, 1.82) is 5.26 Å². The van der Waals surface area contributed by atoms with E-state index < -0.39 is 0 Å². The largest absolute Gasteiger partial charge is 0.495 e. The zero-order valence-corrected chi connectivity index (χ0v) is 8.95. The summed E-state index contributed by atoms with van der Waals surface area (Å²) in [6.07, 6.45) is 0. The molecule has 0 saturated heterocycles. The molecule has 3 N–H and O–H groups in total. The van der Waals surface area contributed by atoms with Crippen molar-refractivity contribution in [2.75, 3.05) is 19.0 Å². The lowest BCUT2D eigenvalue weighted by atomic mass is 10.2. The van der Waals surface area contributed by atoms with Crippen LogP contribution in [0.5, 0.6) is 5.75 Å². The van der Waals surface area contributed by atoms with Gasteiger partial charge in [0.25, 0.3) is 0 Å². The van der Waals surface area contributed by atoms with E-state index in [1.54, 1.807) is 19.2 Å². The summed E-state index contributed by atoms with van der Waals surface area (Å²) >= 11 is 0. The first-order valence-electron chi connectivity index (χ1n) is 4.76. The molecule has 80 valence electrons. The molecule has 0 radical (unpaired) electrons. The topological polar surface area (TPSA) is 71.1 Å². The Kier molecular flexibility index (Phi) is 3.95. The van der Waals surface area contributed by atoms with E-state index in [-0.39, 0.29) is 6.04 Å². The Morgan fingerprint density at radius 2 is 2.33 bits per heavy atom. The van der Waals surface area contributed by atoms with Crippen molar-refractivity contribution in [1.82, 2.24) is 0 Å². The van der Waals surface area contributed by atoms with E-state index in [0.29, 0.717) is 17.9 Å². The van der Waals surface area contributed by atoms with Gasteiger partial charge in [-0.2, -0.15) is 5.26 Å². The predicted octanol–water partition coefficient (Wildman–Crippen LogP) is 1.33. The van der Waals surface area contributed by atoms with Gasteiger partial charge < -0.3 is 15.8 Å². The first kappa shape index (κ1) is 11.3. The highest BCUT2D eigenvalue weighted by molar-refractivity contribution is 5.59. The van der Waals surface area contributed by atoms with Gasteiger partial charge in [-0.15, -0.1) is 0 Å². The lowest BCUT2D eigenvalue weighted by Gasteiger charge is -2.15. The van der Waals surface area contributed by atoms with Crippen LogP contribution in [-0.2, 0) is 0 Å². The third-order valence-electron chi connectivity index (χ3n) is 2.09. The molecule has 4 heteroatoms. The number of hydrogen-bond acceptors (Lipinski definition) is 4. The lowest BCUT2D eigenvalue weighted by molar-refractivity contribution is 0.416. The summed E-state index contributed by atoms with van der Waals surface area (Å²) in [4.78, 5) is 0. The quantitative estimate of drug-likeness (QED) is 0.777. The second kappa shape index (κ2) is 5.23. The molecule has 0 spiro atoms. The molecule has 0 heterocycles. The standard InChI is InChI=1S/C11H15N3O/c1-8(6-12)14-10-4-3-9(7-13)5-11(10)15-2/h3-5,8,14H,6,12H2,1-2H3. The van der Waals surface area contributed by atoms with Gasteiger partial charge in [0.1, 0.15) is 5.75 Å². The Labute approximate surface area is 89.7 Å². The van der Waals surface area contributed by atoms with Crippen molar-refractivity contribution in [3.8, 4) is 11.8 Å². The van der Waals surface area contributed by atoms with Crippen LogP contribution in [0.4, 0.5) is 5.69 Å². The van der Waals surface area contributed by atoms with Crippen LogP contribution in [0.3, 0.4) is 0 Å². The Morgan fingerprint density at radius 3 is 2.87 bits per heavy atom. The first-order valence-corrected chi connectivity index (χ1v) is 4.76. The number of hydrogen-bond donors (Lipinski definition) is 2. The summed E-state index contributed by atoms with van der Waals surface area (Å²) < 4.78 is 5.18. The van der Waals surface area contributed by atoms with Crippen molar-refractivity contribution in [2.45, 2.75) is 13.0 Å². The fourth-order valence-electron chi connectivity index (χ4n) is 1.20. The average Bonchev–Trinajstić information content (AvgIpc) is 2.29. The van der Waals surface area contributed by atoms with E-state index in [1.165, 1.54) is 0 Å². The number of nitriles is 1. The minimum Gasteiger partial charge on any atom is -0.495 e. The van der Waals surface area contributed by atoms with Gasteiger partial charge in [-0.1, -0.05) is 0 Å². The molecule has 0 fully saturated rings. The number of nitrogens with one attached hydrogen (secondary N) is 1. The highest BCUT2D eigenvalue weighted by Crippen LogP contribution is 2.25. The Hall–Kier alpha value is -1.73. The molecule has 0 aromatic heterocycles. The summed E-state index contributed by atoms with van der Waals surface area (Å²) in [7, 11) is 1.58. The Balaban J connectivity index is 2.93. The minimum atomic E-state index is 0.173. The van der Waals surface area contributed by atoms with Crippen LogP contribution in [0.2, 0.25) is 0 Å². The Morgan fingerprint density at radius 1 is 1.60 bits per heavy atom. The summed E-state index contributed by atoms with van der Waals surface area (Å²) in [5.74, 6) is 0.661. The maximum absolute atomic E-state index is 8.73. The second-order valence-electron chi connectivity index (χ2n) is 3.31. The third-order valence-corrected chi connectivity index (χ3v) is 2.09. The van der Waals surface area contributed by atoms with Crippen molar-refractivity contribution < 1.29 is 4.74 Å². The molecule has 1 rings (SSSR count). The fraction of sp³-hybridized carbons (Fsp3) is 0.364. The molecule has 1 atom stereocenters. The van der Waals surface area contributed by atoms with Crippen molar-refractivity contribution >= 4 is 5.69 Å². The van der Waals surface area contributed by atoms with Gasteiger partial charge in [-0.05, 0) is 19.1 Å². The average molecular weight is 205 g/mol. The second-order valence-corrected chi connectivity index (χ2v) is 3.31. The zero-order valence-electron chi connectivity index (χ0n) is 8.95. The number of nitrogens with two attached hydrogens (primary N) is 1. The van der Waals surface area contributed by atoms with Gasteiger partial charge in [-0.25, -0.2) is 0 Å². The number of benzene rings is 1. The molecule has 0 aliphatic rings. The van der Waals surface area contributed by atoms with E-state index in [0.717, 1.165) is 5.69 Å². The lowest BCUT2D eigenvalue weighted by Crippen LogP contribution is -2.25. The number of ether oxygens (including phenoxy) is 1. The van der Waals surface area contributed by atoms with Crippen LogP contribution in [0.1, 0.15) is 12.5 Å². The maximum atomic E-state index is 8.73. The van der Waals surface area contributed by atoms with Crippen molar-refractivity contribution in [3.63, 3.8) is 0 Å². The van der Waals surface area contributed by atoms with Gasteiger partial charge >= 0.3 is 0 Å². The molecular weight excluding hydrogens is 190 g/mol. The molecule has 0 bridgehead atoms. The van der Waals surface area contributed by atoms with Crippen molar-refractivity contribution in [3.05, 3.63) is 23.8 Å². The van der Waals surface area contributed by atoms with Crippen LogP contribution in [0, 0.1) is 11.3 Å². The van der Waals surface area contributed by atoms with Crippen LogP contribution in [0.15, 0.2) is 18.2 Å². The molecule has 1 aromatic rings. The van der Waals surface area contributed by atoms with Gasteiger partial charge in [0.15, 0.2) is 0 Å². The fourth-order valence-corrected chi connectivity index (χ4v) is 1.20. The van der Waals surface area contributed by atoms with Crippen LogP contribution in [0.25, 0.3) is 0 Å². The molecule has 1 aromatic carbocycles. The predicted molar refractivity (Wildman–Crippen MR) is 59.8 cm³/mol. The number of rotatable bonds is 4. The molecular formula is C11H15N3O. The smallest absolute Gasteiger partial charge is 0.143 e. The zero-order chi connectivity index (χ0) is 11.3. The van der Waals surface area contributed by atoms with E-state index >= 15 is 0 Å². The number of methoxy groups -OCH3 is 1. The molecule has 0 saturated carbocycles. The van der Waals surface area contributed by atoms with Gasteiger partial charge in [-0.3, -0.25) is 0 Å². The molecule has 0 aliphatic carbocycles. The minimum absolute atomic E-state index is 0.173. The summed E-state index contributed by atoms with van der Waals surface area (Å²) in [5, 5.41) is 11.9.